The van der Waals surface area contributed by atoms with Crippen molar-refractivity contribution in [3.63, 3.8) is 0 Å². The molecule has 0 unspecified atom stereocenters. The molecule has 1 aliphatic heterocycles. The summed E-state index contributed by atoms with van der Waals surface area (Å²) in [5.41, 5.74) is 1.43. The number of hydrogen-bond acceptors (Lipinski definition) is 7. The van der Waals surface area contributed by atoms with Crippen LogP contribution in [0.4, 0.5) is 0 Å². The van der Waals surface area contributed by atoms with Crippen LogP contribution in [0, 0.1) is 6.92 Å². The third-order valence-corrected chi connectivity index (χ3v) is 8.44. The molecule has 4 rings (SSSR count). The Labute approximate surface area is 188 Å². The van der Waals surface area contributed by atoms with Gasteiger partial charge in [0.05, 0.1) is 11.3 Å². The van der Waals surface area contributed by atoms with Gasteiger partial charge in [-0.05, 0) is 36.8 Å². The van der Waals surface area contributed by atoms with Gasteiger partial charge in [-0.3, -0.25) is 9.88 Å². The van der Waals surface area contributed by atoms with E-state index in [0.29, 0.717) is 18.6 Å². The molecule has 3 aromatic rings. The maximum Gasteiger partial charge on any atom is 0.310 e. The van der Waals surface area contributed by atoms with Crippen LogP contribution in [-0.2, 0) is 20.1 Å². The SMILES string of the molecule is Cc1cnc2c(S(=O)(=O)N3CCN(CCS(=O)(=O)Oc4ccccc4)CC3)cccc2c1. The zero-order valence-electron chi connectivity index (χ0n) is 17.7. The molecular formula is C22H25N3O5S2. The number of aryl methyl sites for hydroxylation is 1. The quantitative estimate of drug-likeness (QED) is 0.484. The van der Waals surface area contributed by atoms with Crippen molar-refractivity contribution in [3.05, 3.63) is 66.4 Å². The summed E-state index contributed by atoms with van der Waals surface area (Å²) in [5, 5.41) is 0.785. The number of fused-ring (bicyclic) bond motifs is 1. The molecule has 0 aliphatic carbocycles. The number of sulfonamides is 1. The van der Waals surface area contributed by atoms with E-state index in [1.807, 2.05) is 24.0 Å². The van der Waals surface area contributed by atoms with Crippen molar-refractivity contribution >= 4 is 31.0 Å². The van der Waals surface area contributed by atoms with Crippen LogP contribution in [0.1, 0.15) is 5.56 Å². The lowest BCUT2D eigenvalue weighted by atomic mass is 10.2. The Balaban J connectivity index is 1.38. The van der Waals surface area contributed by atoms with Crippen molar-refractivity contribution in [2.24, 2.45) is 0 Å². The van der Waals surface area contributed by atoms with E-state index in [1.165, 1.54) is 4.31 Å². The average molecular weight is 476 g/mol. The molecule has 10 heteroatoms. The van der Waals surface area contributed by atoms with Crippen molar-refractivity contribution in [2.45, 2.75) is 11.8 Å². The summed E-state index contributed by atoms with van der Waals surface area (Å²) in [6, 6.07) is 15.4. The van der Waals surface area contributed by atoms with Gasteiger partial charge in [0.2, 0.25) is 10.0 Å². The normalized spacial score (nSPS) is 16.3. The second kappa shape index (κ2) is 9.14. The number of piperazine rings is 1. The minimum Gasteiger partial charge on any atom is -0.382 e. The van der Waals surface area contributed by atoms with E-state index in [0.717, 1.165) is 10.9 Å². The van der Waals surface area contributed by atoms with E-state index in [1.54, 1.807) is 48.7 Å². The average Bonchev–Trinajstić information content (AvgIpc) is 2.78. The van der Waals surface area contributed by atoms with Gasteiger partial charge in [-0.2, -0.15) is 12.7 Å². The predicted molar refractivity (Wildman–Crippen MR) is 123 cm³/mol. The van der Waals surface area contributed by atoms with Gasteiger partial charge in [-0.1, -0.05) is 30.3 Å². The summed E-state index contributed by atoms with van der Waals surface area (Å²) in [4.78, 5) is 6.48. The molecule has 1 aliphatic rings. The highest BCUT2D eigenvalue weighted by atomic mass is 32.2. The second-order valence-electron chi connectivity index (χ2n) is 7.74. The van der Waals surface area contributed by atoms with E-state index >= 15 is 0 Å². The molecule has 0 amide bonds. The van der Waals surface area contributed by atoms with Crippen LogP contribution in [0.2, 0.25) is 0 Å². The predicted octanol–water partition coefficient (Wildman–Crippen LogP) is 2.26. The number of rotatable bonds is 7. The maximum atomic E-state index is 13.3. The van der Waals surface area contributed by atoms with Gasteiger partial charge < -0.3 is 4.18 Å². The summed E-state index contributed by atoms with van der Waals surface area (Å²) in [5.74, 6) is 0.114. The first-order valence-corrected chi connectivity index (χ1v) is 13.3. The number of pyridine rings is 1. The van der Waals surface area contributed by atoms with E-state index in [-0.39, 0.29) is 36.0 Å². The molecule has 1 saturated heterocycles. The lowest BCUT2D eigenvalue weighted by Gasteiger charge is -2.33. The summed E-state index contributed by atoms with van der Waals surface area (Å²) in [7, 11) is -7.44. The zero-order chi connectivity index (χ0) is 22.8. The van der Waals surface area contributed by atoms with Crippen LogP contribution in [-0.4, -0.2) is 69.5 Å². The van der Waals surface area contributed by atoms with Gasteiger partial charge in [0.25, 0.3) is 0 Å². The molecule has 32 heavy (non-hydrogen) atoms. The number of hydrogen-bond donors (Lipinski definition) is 0. The van der Waals surface area contributed by atoms with Gasteiger partial charge in [0.15, 0.2) is 0 Å². The summed E-state index contributed by atoms with van der Waals surface area (Å²) < 4.78 is 57.6. The number of nitrogens with zero attached hydrogens (tertiary/aromatic N) is 3. The van der Waals surface area contributed by atoms with Crippen LogP contribution < -0.4 is 4.18 Å². The fourth-order valence-corrected chi connectivity index (χ4v) is 6.25. The molecule has 2 aromatic carbocycles. The zero-order valence-corrected chi connectivity index (χ0v) is 19.3. The van der Waals surface area contributed by atoms with Crippen molar-refractivity contribution in [3.8, 4) is 5.75 Å². The highest BCUT2D eigenvalue weighted by molar-refractivity contribution is 7.89. The minimum atomic E-state index is -3.73. The molecular weight excluding hydrogens is 450 g/mol. The van der Waals surface area contributed by atoms with E-state index in [4.69, 9.17) is 4.18 Å². The Morgan fingerprint density at radius 1 is 0.938 bits per heavy atom. The van der Waals surface area contributed by atoms with Crippen molar-refractivity contribution in [1.82, 2.24) is 14.2 Å². The highest BCUT2D eigenvalue weighted by Gasteiger charge is 2.30. The second-order valence-corrected chi connectivity index (χ2v) is 11.3. The molecule has 0 bridgehead atoms. The Morgan fingerprint density at radius 3 is 2.38 bits per heavy atom. The largest absolute Gasteiger partial charge is 0.382 e. The molecule has 2 heterocycles. The van der Waals surface area contributed by atoms with E-state index < -0.39 is 20.1 Å². The smallest absolute Gasteiger partial charge is 0.310 e. The standard InChI is InChI=1S/C22H25N3O5S2/c1-18-16-19-6-5-9-21(22(19)23-17-18)32(28,29)25-12-10-24(11-13-25)14-15-31(26,27)30-20-7-3-2-4-8-20/h2-9,16-17H,10-15H2,1H3. The summed E-state index contributed by atoms with van der Waals surface area (Å²) in [6.07, 6.45) is 1.66. The molecule has 1 aromatic heterocycles. The fourth-order valence-electron chi connectivity index (χ4n) is 3.69. The van der Waals surface area contributed by atoms with E-state index in [2.05, 4.69) is 4.98 Å². The molecule has 8 nitrogen and oxygen atoms in total. The monoisotopic (exact) mass is 475 g/mol. The molecule has 0 atom stereocenters. The molecule has 0 saturated carbocycles. The molecule has 0 N–H and O–H groups in total. The Bertz CT molecular complexity index is 1300. The highest BCUT2D eigenvalue weighted by Crippen LogP contribution is 2.25. The first kappa shape index (κ1) is 22.7. The van der Waals surface area contributed by atoms with Crippen LogP contribution in [0.5, 0.6) is 5.75 Å². The maximum absolute atomic E-state index is 13.3. The van der Waals surface area contributed by atoms with Crippen molar-refractivity contribution in [2.75, 3.05) is 38.5 Å². The van der Waals surface area contributed by atoms with Gasteiger partial charge in [-0.25, -0.2) is 8.42 Å². The minimum absolute atomic E-state index is 0.165. The summed E-state index contributed by atoms with van der Waals surface area (Å²) in [6.45, 7) is 3.64. The van der Waals surface area contributed by atoms with Gasteiger partial charge in [0, 0.05) is 44.3 Å². The third kappa shape index (κ3) is 5.09. The lowest BCUT2D eigenvalue weighted by molar-refractivity contribution is 0.196. The third-order valence-electron chi connectivity index (χ3n) is 5.38. The Morgan fingerprint density at radius 2 is 1.66 bits per heavy atom. The number of para-hydroxylation sites is 2. The van der Waals surface area contributed by atoms with Crippen LogP contribution in [0.3, 0.4) is 0 Å². The summed E-state index contributed by atoms with van der Waals surface area (Å²) >= 11 is 0. The van der Waals surface area contributed by atoms with Crippen LogP contribution in [0.25, 0.3) is 10.9 Å². The van der Waals surface area contributed by atoms with Gasteiger partial charge in [0.1, 0.15) is 10.6 Å². The Hall–Kier alpha value is -2.53. The number of aromatic nitrogens is 1. The molecule has 0 radical (unpaired) electrons. The lowest BCUT2D eigenvalue weighted by Crippen LogP contribution is -2.49. The first-order chi connectivity index (χ1) is 15.2. The topological polar surface area (TPSA) is 96.9 Å². The van der Waals surface area contributed by atoms with Crippen LogP contribution in [0.15, 0.2) is 65.7 Å². The first-order valence-electron chi connectivity index (χ1n) is 10.3. The fraction of sp³-hybridized carbons (Fsp3) is 0.318. The van der Waals surface area contributed by atoms with Gasteiger partial charge in [-0.15, -0.1) is 0 Å². The van der Waals surface area contributed by atoms with Gasteiger partial charge >= 0.3 is 10.1 Å². The molecule has 1 fully saturated rings. The van der Waals surface area contributed by atoms with Crippen LogP contribution >= 0.6 is 0 Å². The Kier molecular flexibility index (Phi) is 6.47. The molecule has 0 spiro atoms. The number of benzene rings is 2. The molecule has 170 valence electrons. The van der Waals surface area contributed by atoms with Crippen molar-refractivity contribution in [1.29, 1.82) is 0 Å². The van der Waals surface area contributed by atoms with Crippen molar-refractivity contribution < 1.29 is 21.0 Å². The van der Waals surface area contributed by atoms with E-state index in [9.17, 15) is 16.8 Å².